The maximum Gasteiger partial charge on any atom is 0.0626 e. The van der Waals surface area contributed by atoms with E-state index in [1.54, 1.807) is 0 Å². The first kappa shape index (κ1) is 24.4. The van der Waals surface area contributed by atoms with Crippen LogP contribution >= 0.6 is 0 Å². The van der Waals surface area contributed by atoms with E-state index in [4.69, 9.17) is 0 Å². The molecule has 10 aromatic rings. The Bertz CT molecular complexity index is 2740. The van der Waals surface area contributed by atoms with Crippen molar-refractivity contribution >= 4 is 65.3 Å². The minimum atomic E-state index is 1.16. The number of nitrogens with zero attached hydrogens (tertiary/aromatic N) is 3. The summed E-state index contributed by atoms with van der Waals surface area (Å²) in [6.07, 6.45) is 2.20. The summed E-state index contributed by atoms with van der Waals surface area (Å²) < 4.78 is 7.16. The summed E-state index contributed by atoms with van der Waals surface area (Å²) in [5, 5.41) is 8.82. The van der Waals surface area contributed by atoms with E-state index in [1.807, 2.05) is 0 Å². The monoisotopic (exact) mass is 573 g/mol. The van der Waals surface area contributed by atoms with Gasteiger partial charge in [0, 0.05) is 55.6 Å². The second-order valence-corrected chi connectivity index (χ2v) is 11.8. The van der Waals surface area contributed by atoms with E-state index in [-0.39, 0.29) is 0 Å². The van der Waals surface area contributed by atoms with Crippen molar-refractivity contribution in [1.29, 1.82) is 0 Å². The normalized spacial score (nSPS) is 12.0. The summed E-state index contributed by atoms with van der Waals surface area (Å²) in [5.41, 5.74) is 9.59. The molecule has 10 rings (SSSR count). The maximum atomic E-state index is 2.49. The van der Waals surface area contributed by atoms with Gasteiger partial charge >= 0.3 is 0 Å². The summed E-state index contributed by atoms with van der Waals surface area (Å²) in [4.78, 5) is 0. The molecule has 0 aliphatic carbocycles. The van der Waals surface area contributed by atoms with Gasteiger partial charge in [-0.1, -0.05) is 91.0 Å². The van der Waals surface area contributed by atoms with E-state index < -0.39 is 0 Å². The van der Waals surface area contributed by atoms with Gasteiger partial charge in [0.05, 0.1) is 27.6 Å². The topological polar surface area (TPSA) is 14.8 Å². The van der Waals surface area contributed by atoms with Crippen LogP contribution in [0.4, 0.5) is 0 Å². The van der Waals surface area contributed by atoms with Crippen molar-refractivity contribution in [2.45, 2.75) is 0 Å². The Kier molecular flexibility index (Phi) is 5.00. The maximum absolute atomic E-state index is 2.49. The fourth-order valence-electron chi connectivity index (χ4n) is 7.53. The van der Waals surface area contributed by atoms with Crippen molar-refractivity contribution in [3.8, 4) is 17.1 Å². The fraction of sp³-hybridized carbons (Fsp3) is 0. The molecule has 0 atom stereocenters. The molecule has 0 aliphatic heterocycles. The molecule has 0 N–H and O–H groups in total. The third-order valence-electron chi connectivity index (χ3n) is 9.45. The molecular formula is C42H27N3. The SMILES string of the molecule is c1ccc(-n2ccc3c4c(ccc5c6ccccc6n(-c6ccc7c(c6)c6ccccc6n7-c6ccccc6)c54)ccc32)cc1. The minimum absolute atomic E-state index is 1.16. The Hall–Kier alpha value is -6.06. The van der Waals surface area contributed by atoms with Crippen molar-refractivity contribution in [2.24, 2.45) is 0 Å². The Morgan fingerprint density at radius 1 is 0.333 bits per heavy atom. The molecular weight excluding hydrogens is 546 g/mol. The van der Waals surface area contributed by atoms with Crippen LogP contribution in [0.3, 0.4) is 0 Å². The van der Waals surface area contributed by atoms with E-state index in [0.717, 1.165) is 5.69 Å². The predicted octanol–water partition coefficient (Wildman–Crippen LogP) is 11.0. The lowest BCUT2D eigenvalue weighted by Gasteiger charge is -2.12. The van der Waals surface area contributed by atoms with Crippen molar-refractivity contribution < 1.29 is 0 Å². The first-order chi connectivity index (χ1) is 22.3. The highest BCUT2D eigenvalue weighted by Crippen LogP contribution is 2.41. The molecule has 3 heteroatoms. The Morgan fingerprint density at radius 3 is 1.71 bits per heavy atom. The lowest BCUT2D eigenvalue weighted by molar-refractivity contribution is 1.13. The summed E-state index contributed by atoms with van der Waals surface area (Å²) in [5.74, 6) is 0. The Balaban J connectivity index is 1.33. The molecule has 0 saturated heterocycles. The van der Waals surface area contributed by atoms with Crippen LogP contribution in [0, 0.1) is 0 Å². The minimum Gasteiger partial charge on any atom is -0.317 e. The van der Waals surface area contributed by atoms with Crippen LogP contribution in [-0.2, 0) is 0 Å². The molecule has 7 aromatic carbocycles. The lowest BCUT2D eigenvalue weighted by atomic mass is 10.0. The molecule has 0 bridgehead atoms. The molecule has 0 radical (unpaired) electrons. The fourth-order valence-corrected chi connectivity index (χ4v) is 7.53. The molecule has 0 spiro atoms. The molecule has 0 saturated carbocycles. The number of hydrogen-bond donors (Lipinski definition) is 0. The average Bonchev–Trinajstić information content (AvgIpc) is 3.79. The molecule has 210 valence electrons. The predicted molar refractivity (Wildman–Crippen MR) is 189 cm³/mol. The molecule has 3 aromatic heterocycles. The van der Waals surface area contributed by atoms with Crippen LogP contribution in [0.2, 0.25) is 0 Å². The standard InChI is InChI=1S/C42H27N3/c1-3-11-29(12-4-1)43-26-25-35-37(43)23-20-28-19-22-34-32-15-7-10-18-39(32)45(42(34)41(28)35)31-21-24-40-36(27-31)33-16-8-9-17-38(33)44(40)30-13-5-2-6-14-30/h1-27H. The number of para-hydroxylation sites is 4. The molecule has 45 heavy (non-hydrogen) atoms. The first-order valence-corrected chi connectivity index (χ1v) is 15.5. The number of benzene rings is 7. The van der Waals surface area contributed by atoms with Crippen LogP contribution in [0.15, 0.2) is 164 Å². The van der Waals surface area contributed by atoms with Crippen LogP contribution in [0.1, 0.15) is 0 Å². The smallest absolute Gasteiger partial charge is 0.0626 e. The Morgan fingerprint density at radius 2 is 0.933 bits per heavy atom. The highest BCUT2D eigenvalue weighted by molar-refractivity contribution is 6.25. The second-order valence-electron chi connectivity index (χ2n) is 11.8. The molecule has 0 amide bonds. The van der Waals surface area contributed by atoms with Gasteiger partial charge < -0.3 is 13.7 Å². The van der Waals surface area contributed by atoms with Crippen LogP contribution in [0.25, 0.3) is 82.3 Å². The highest BCUT2D eigenvalue weighted by Gasteiger charge is 2.19. The van der Waals surface area contributed by atoms with Gasteiger partial charge in [0.15, 0.2) is 0 Å². The van der Waals surface area contributed by atoms with E-state index in [0.29, 0.717) is 0 Å². The van der Waals surface area contributed by atoms with Crippen LogP contribution in [-0.4, -0.2) is 13.7 Å². The molecule has 3 nitrogen and oxygen atoms in total. The number of rotatable bonds is 3. The largest absolute Gasteiger partial charge is 0.317 e. The molecule has 0 unspecified atom stereocenters. The number of hydrogen-bond acceptors (Lipinski definition) is 0. The van der Waals surface area contributed by atoms with Gasteiger partial charge in [-0.05, 0) is 72.1 Å². The molecule has 3 heterocycles. The van der Waals surface area contributed by atoms with Crippen molar-refractivity contribution in [3.63, 3.8) is 0 Å². The van der Waals surface area contributed by atoms with E-state index >= 15 is 0 Å². The van der Waals surface area contributed by atoms with Gasteiger partial charge in [-0.25, -0.2) is 0 Å². The van der Waals surface area contributed by atoms with Crippen molar-refractivity contribution in [1.82, 2.24) is 13.7 Å². The van der Waals surface area contributed by atoms with E-state index in [2.05, 4.69) is 178 Å². The Labute approximate surface area is 259 Å². The summed E-state index contributed by atoms with van der Waals surface area (Å²) in [6, 6.07) is 57.2. The van der Waals surface area contributed by atoms with Crippen LogP contribution < -0.4 is 0 Å². The van der Waals surface area contributed by atoms with Gasteiger partial charge in [-0.15, -0.1) is 0 Å². The van der Waals surface area contributed by atoms with E-state index in [1.165, 1.54) is 76.7 Å². The number of aromatic nitrogens is 3. The van der Waals surface area contributed by atoms with Crippen molar-refractivity contribution in [2.75, 3.05) is 0 Å². The third-order valence-corrected chi connectivity index (χ3v) is 9.45. The first-order valence-electron chi connectivity index (χ1n) is 15.5. The second kappa shape index (κ2) is 9.22. The number of fused-ring (bicyclic) bond motifs is 10. The van der Waals surface area contributed by atoms with Gasteiger partial charge in [-0.3, -0.25) is 0 Å². The average molecular weight is 574 g/mol. The zero-order valence-corrected chi connectivity index (χ0v) is 24.4. The van der Waals surface area contributed by atoms with Gasteiger partial charge in [0.2, 0.25) is 0 Å². The van der Waals surface area contributed by atoms with Crippen LogP contribution in [0.5, 0.6) is 0 Å². The van der Waals surface area contributed by atoms with Gasteiger partial charge in [-0.2, -0.15) is 0 Å². The third kappa shape index (κ3) is 3.41. The lowest BCUT2D eigenvalue weighted by Crippen LogP contribution is -1.96. The quantitative estimate of drug-likeness (QED) is 0.200. The molecule has 0 aliphatic rings. The summed E-state index contributed by atoms with van der Waals surface area (Å²) in [7, 11) is 0. The van der Waals surface area contributed by atoms with Gasteiger partial charge in [0.25, 0.3) is 0 Å². The van der Waals surface area contributed by atoms with Gasteiger partial charge in [0.1, 0.15) is 0 Å². The van der Waals surface area contributed by atoms with Crippen molar-refractivity contribution in [3.05, 3.63) is 164 Å². The molecule has 0 fully saturated rings. The zero-order chi connectivity index (χ0) is 29.5. The zero-order valence-electron chi connectivity index (χ0n) is 24.4. The highest BCUT2D eigenvalue weighted by atomic mass is 15.0. The summed E-state index contributed by atoms with van der Waals surface area (Å²) >= 11 is 0. The van der Waals surface area contributed by atoms with E-state index in [9.17, 15) is 0 Å². The summed E-state index contributed by atoms with van der Waals surface area (Å²) in [6.45, 7) is 0.